The molecule has 0 aliphatic heterocycles. The minimum absolute atomic E-state index is 0.322. The smallest absolute Gasteiger partial charge is 0.304 e. The van der Waals surface area contributed by atoms with Crippen LogP contribution in [0.25, 0.3) is 0 Å². The maximum absolute atomic E-state index is 12.4. The number of para-hydroxylation sites is 2. The standard InChI is InChI=1S/C6H4FNO2.C6H6O/c7-5-3-1-2-4-6(5)8(9)10;7-6-4-2-1-3-5-6/h1-4H;1-5,7H. The van der Waals surface area contributed by atoms with Crippen LogP contribution >= 0.6 is 0 Å². The summed E-state index contributed by atoms with van der Waals surface area (Å²) in [5.41, 5.74) is -0.484. The van der Waals surface area contributed by atoms with E-state index in [0.717, 1.165) is 12.1 Å². The highest BCUT2D eigenvalue weighted by Gasteiger charge is 2.10. The molecule has 0 atom stereocenters. The summed E-state index contributed by atoms with van der Waals surface area (Å²) in [6.45, 7) is 0. The highest BCUT2D eigenvalue weighted by atomic mass is 19.1. The maximum atomic E-state index is 12.4. The van der Waals surface area contributed by atoms with Gasteiger partial charge in [0.05, 0.1) is 4.92 Å². The number of hydrogen-bond donors (Lipinski definition) is 1. The van der Waals surface area contributed by atoms with E-state index in [0.29, 0.717) is 5.75 Å². The van der Waals surface area contributed by atoms with Crippen molar-refractivity contribution in [3.8, 4) is 5.75 Å². The van der Waals surface area contributed by atoms with Gasteiger partial charge >= 0.3 is 5.69 Å². The highest BCUT2D eigenvalue weighted by Crippen LogP contribution is 2.14. The predicted octanol–water partition coefficient (Wildman–Crippen LogP) is 3.13. The average Bonchev–Trinajstić information content (AvgIpc) is 2.31. The molecule has 0 spiro atoms. The molecule has 0 saturated carbocycles. The molecule has 0 saturated heterocycles. The van der Waals surface area contributed by atoms with Gasteiger partial charge in [0.15, 0.2) is 0 Å². The van der Waals surface area contributed by atoms with Crippen LogP contribution < -0.4 is 0 Å². The highest BCUT2D eigenvalue weighted by molar-refractivity contribution is 5.30. The molecule has 2 rings (SSSR count). The first-order chi connectivity index (χ1) is 8.11. The summed E-state index contributed by atoms with van der Waals surface area (Å²) in [7, 11) is 0. The Labute approximate surface area is 97.1 Å². The fourth-order valence-corrected chi connectivity index (χ4v) is 1.03. The summed E-state index contributed by atoms with van der Waals surface area (Å²) in [4.78, 5) is 9.23. The van der Waals surface area contributed by atoms with Crippen molar-refractivity contribution in [2.75, 3.05) is 0 Å². The van der Waals surface area contributed by atoms with Crippen LogP contribution in [0.15, 0.2) is 54.6 Å². The number of halogens is 1. The predicted molar refractivity (Wildman–Crippen MR) is 61.2 cm³/mol. The molecule has 0 aromatic heterocycles. The molecular weight excluding hydrogens is 225 g/mol. The van der Waals surface area contributed by atoms with E-state index in [1.807, 2.05) is 6.07 Å². The van der Waals surface area contributed by atoms with Crippen LogP contribution in [0.1, 0.15) is 0 Å². The molecule has 0 radical (unpaired) electrons. The van der Waals surface area contributed by atoms with Crippen molar-refractivity contribution in [1.82, 2.24) is 0 Å². The fraction of sp³-hybridized carbons (Fsp3) is 0. The maximum Gasteiger partial charge on any atom is 0.304 e. The molecule has 0 bridgehead atoms. The van der Waals surface area contributed by atoms with Crippen LogP contribution in [-0.2, 0) is 0 Å². The Bertz CT molecular complexity index is 488. The second-order valence-corrected chi connectivity index (χ2v) is 3.04. The summed E-state index contributed by atoms with van der Waals surface area (Å²) in [5.74, 6) is -0.477. The third kappa shape index (κ3) is 4.29. The minimum Gasteiger partial charge on any atom is -0.508 e. The van der Waals surface area contributed by atoms with Gasteiger partial charge in [-0.1, -0.05) is 30.3 Å². The largest absolute Gasteiger partial charge is 0.508 e. The van der Waals surface area contributed by atoms with Crippen molar-refractivity contribution < 1.29 is 14.4 Å². The molecule has 17 heavy (non-hydrogen) atoms. The first-order valence-electron chi connectivity index (χ1n) is 4.74. The normalized spacial score (nSPS) is 9.00. The van der Waals surface area contributed by atoms with Gasteiger partial charge in [0.1, 0.15) is 5.75 Å². The van der Waals surface area contributed by atoms with Crippen LogP contribution in [0.4, 0.5) is 10.1 Å². The number of rotatable bonds is 1. The summed E-state index contributed by atoms with van der Waals surface area (Å²) >= 11 is 0. The molecule has 5 heteroatoms. The van der Waals surface area contributed by atoms with Gasteiger partial charge in [-0.2, -0.15) is 4.39 Å². The van der Waals surface area contributed by atoms with Crippen LogP contribution in [0.3, 0.4) is 0 Å². The van der Waals surface area contributed by atoms with Crippen LogP contribution in [0.5, 0.6) is 5.75 Å². The van der Waals surface area contributed by atoms with Crippen molar-refractivity contribution in [3.63, 3.8) is 0 Å². The van der Waals surface area contributed by atoms with E-state index in [1.165, 1.54) is 12.1 Å². The van der Waals surface area contributed by atoms with Gasteiger partial charge in [-0.05, 0) is 18.2 Å². The molecule has 0 unspecified atom stereocenters. The monoisotopic (exact) mass is 235 g/mol. The number of phenolic OH excluding ortho intramolecular Hbond substituents is 1. The van der Waals surface area contributed by atoms with Crippen molar-refractivity contribution in [1.29, 1.82) is 0 Å². The molecule has 0 aliphatic rings. The lowest BCUT2D eigenvalue weighted by molar-refractivity contribution is -0.387. The van der Waals surface area contributed by atoms with Gasteiger partial charge in [0, 0.05) is 6.07 Å². The lowest BCUT2D eigenvalue weighted by atomic mass is 10.3. The van der Waals surface area contributed by atoms with Gasteiger partial charge in [-0.3, -0.25) is 10.1 Å². The van der Waals surface area contributed by atoms with Gasteiger partial charge in [-0.15, -0.1) is 0 Å². The second kappa shape index (κ2) is 6.22. The molecule has 2 aromatic rings. The van der Waals surface area contributed by atoms with Crippen LogP contribution in [-0.4, -0.2) is 10.0 Å². The van der Waals surface area contributed by atoms with E-state index in [9.17, 15) is 14.5 Å². The number of phenols is 1. The SMILES string of the molecule is O=[N+]([O-])c1ccccc1F.Oc1ccccc1. The average molecular weight is 235 g/mol. The molecule has 2 aromatic carbocycles. The molecule has 0 amide bonds. The van der Waals surface area contributed by atoms with E-state index < -0.39 is 16.4 Å². The van der Waals surface area contributed by atoms with Gasteiger partial charge in [0.25, 0.3) is 0 Å². The summed E-state index contributed by atoms with van der Waals surface area (Å²) in [6.07, 6.45) is 0. The van der Waals surface area contributed by atoms with Gasteiger partial charge in [0.2, 0.25) is 5.82 Å². The Balaban J connectivity index is 0.000000181. The molecule has 0 fully saturated rings. The number of hydrogen-bond acceptors (Lipinski definition) is 3. The van der Waals surface area contributed by atoms with Crippen LogP contribution in [0.2, 0.25) is 0 Å². The lowest BCUT2D eigenvalue weighted by Crippen LogP contribution is -1.90. The third-order valence-electron chi connectivity index (χ3n) is 1.81. The third-order valence-corrected chi connectivity index (χ3v) is 1.81. The van der Waals surface area contributed by atoms with Crippen molar-refractivity contribution in [2.45, 2.75) is 0 Å². The van der Waals surface area contributed by atoms with Gasteiger partial charge < -0.3 is 5.11 Å². The number of nitrogens with zero attached hydrogens (tertiary/aromatic N) is 1. The summed E-state index contributed by atoms with van der Waals surface area (Å²) in [5, 5.41) is 18.6. The molecule has 4 nitrogen and oxygen atoms in total. The fourth-order valence-electron chi connectivity index (χ4n) is 1.03. The molecule has 88 valence electrons. The number of benzene rings is 2. The zero-order valence-electron chi connectivity index (χ0n) is 8.79. The van der Waals surface area contributed by atoms with E-state index in [4.69, 9.17) is 5.11 Å². The van der Waals surface area contributed by atoms with E-state index in [1.54, 1.807) is 24.3 Å². The van der Waals surface area contributed by atoms with Crippen molar-refractivity contribution >= 4 is 5.69 Å². The Morgan fingerprint density at radius 1 is 1.00 bits per heavy atom. The molecule has 0 heterocycles. The first kappa shape index (κ1) is 12.6. The number of nitro benzene ring substituents is 1. The zero-order valence-corrected chi connectivity index (χ0v) is 8.79. The molecular formula is C12H10FNO3. The Hall–Kier alpha value is -2.43. The Morgan fingerprint density at radius 3 is 1.88 bits per heavy atom. The molecule has 0 aliphatic carbocycles. The van der Waals surface area contributed by atoms with E-state index in [-0.39, 0.29) is 0 Å². The number of aromatic hydroxyl groups is 1. The van der Waals surface area contributed by atoms with Crippen molar-refractivity contribution in [2.24, 2.45) is 0 Å². The molecule has 1 N–H and O–H groups in total. The topological polar surface area (TPSA) is 63.4 Å². The number of nitro groups is 1. The Morgan fingerprint density at radius 2 is 1.53 bits per heavy atom. The lowest BCUT2D eigenvalue weighted by Gasteiger charge is -1.89. The van der Waals surface area contributed by atoms with Gasteiger partial charge in [-0.25, -0.2) is 0 Å². The first-order valence-corrected chi connectivity index (χ1v) is 4.74. The minimum atomic E-state index is -0.799. The van der Waals surface area contributed by atoms with E-state index >= 15 is 0 Å². The van der Waals surface area contributed by atoms with Crippen LogP contribution in [0, 0.1) is 15.9 Å². The quantitative estimate of drug-likeness (QED) is 0.610. The van der Waals surface area contributed by atoms with Crippen molar-refractivity contribution in [3.05, 3.63) is 70.5 Å². The second-order valence-electron chi connectivity index (χ2n) is 3.04. The Kier molecular flexibility index (Phi) is 4.62. The van der Waals surface area contributed by atoms with E-state index in [2.05, 4.69) is 0 Å². The zero-order chi connectivity index (χ0) is 12.7. The summed E-state index contributed by atoms with van der Waals surface area (Å²) < 4.78 is 12.4. The summed E-state index contributed by atoms with van der Waals surface area (Å²) in [6, 6.07) is 13.7.